The molecule has 2 saturated heterocycles. The van der Waals surface area contributed by atoms with Crippen molar-refractivity contribution in [2.75, 3.05) is 19.7 Å². The van der Waals surface area contributed by atoms with E-state index in [9.17, 15) is 9.50 Å². The molecule has 0 unspecified atom stereocenters. The Balaban J connectivity index is 2.31. The Morgan fingerprint density at radius 3 is 3.08 bits per heavy atom. The quantitative estimate of drug-likeness (QED) is 0.638. The van der Waals surface area contributed by atoms with E-state index in [1.165, 1.54) is 0 Å². The first kappa shape index (κ1) is 8.20. The summed E-state index contributed by atoms with van der Waals surface area (Å²) in [6.07, 6.45) is 3.48. The zero-order valence-corrected chi connectivity index (χ0v) is 7.09. The largest absolute Gasteiger partial charge is 0.394 e. The monoisotopic (exact) mass is 171 g/mol. The number of aliphatic hydroxyl groups is 1. The SMILES string of the molecule is OC[C@]12CCCN1CC/C2=C\F. The Morgan fingerprint density at radius 2 is 2.42 bits per heavy atom. The zero-order valence-electron chi connectivity index (χ0n) is 7.09. The molecule has 2 rings (SSSR count). The van der Waals surface area contributed by atoms with Crippen molar-refractivity contribution in [1.29, 1.82) is 0 Å². The second-order valence-corrected chi connectivity index (χ2v) is 3.66. The summed E-state index contributed by atoms with van der Waals surface area (Å²) >= 11 is 0. The van der Waals surface area contributed by atoms with E-state index in [0.717, 1.165) is 37.9 Å². The molecule has 2 aliphatic heterocycles. The number of halogens is 1. The van der Waals surface area contributed by atoms with Crippen LogP contribution in [0.1, 0.15) is 19.3 Å². The normalized spacial score (nSPS) is 39.3. The molecule has 0 aromatic carbocycles. The summed E-state index contributed by atoms with van der Waals surface area (Å²) in [5, 5.41) is 9.28. The Bertz CT molecular complexity index is 217. The number of aliphatic hydroxyl groups excluding tert-OH is 1. The van der Waals surface area contributed by atoms with Crippen molar-refractivity contribution in [3.63, 3.8) is 0 Å². The lowest BCUT2D eigenvalue weighted by atomic mass is 9.91. The van der Waals surface area contributed by atoms with E-state index >= 15 is 0 Å². The van der Waals surface area contributed by atoms with Crippen molar-refractivity contribution < 1.29 is 9.50 Å². The number of hydrogen-bond donors (Lipinski definition) is 1. The molecule has 68 valence electrons. The second kappa shape index (κ2) is 2.82. The summed E-state index contributed by atoms with van der Waals surface area (Å²) in [6.45, 7) is 2.00. The van der Waals surface area contributed by atoms with E-state index in [2.05, 4.69) is 4.90 Å². The topological polar surface area (TPSA) is 23.5 Å². The van der Waals surface area contributed by atoms with E-state index in [1.807, 2.05) is 0 Å². The maximum absolute atomic E-state index is 12.5. The number of hydrogen-bond acceptors (Lipinski definition) is 2. The van der Waals surface area contributed by atoms with Crippen LogP contribution < -0.4 is 0 Å². The van der Waals surface area contributed by atoms with Crippen molar-refractivity contribution in [3.8, 4) is 0 Å². The average molecular weight is 171 g/mol. The highest BCUT2D eigenvalue weighted by Crippen LogP contribution is 2.42. The first-order valence-electron chi connectivity index (χ1n) is 4.49. The highest BCUT2D eigenvalue weighted by atomic mass is 19.1. The highest BCUT2D eigenvalue weighted by molar-refractivity contribution is 5.26. The molecule has 0 aromatic heterocycles. The van der Waals surface area contributed by atoms with Crippen molar-refractivity contribution in [2.45, 2.75) is 24.8 Å². The second-order valence-electron chi connectivity index (χ2n) is 3.66. The van der Waals surface area contributed by atoms with Crippen LogP contribution >= 0.6 is 0 Å². The average Bonchev–Trinajstić information content (AvgIpc) is 2.60. The summed E-state index contributed by atoms with van der Waals surface area (Å²) in [5.41, 5.74) is 0.483. The lowest BCUT2D eigenvalue weighted by molar-refractivity contribution is 0.122. The minimum absolute atomic E-state index is 0.0722. The van der Waals surface area contributed by atoms with Gasteiger partial charge in [-0.2, -0.15) is 0 Å². The molecule has 2 nitrogen and oxygen atoms in total. The molecule has 1 N–H and O–H groups in total. The van der Waals surface area contributed by atoms with Gasteiger partial charge in [-0.15, -0.1) is 0 Å². The van der Waals surface area contributed by atoms with Crippen LogP contribution in [0.2, 0.25) is 0 Å². The van der Waals surface area contributed by atoms with E-state index in [0.29, 0.717) is 6.33 Å². The summed E-state index contributed by atoms with van der Waals surface area (Å²) in [4.78, 5) is 2.21. The molecule has 0 saturated carbocycles. The number of fused-ring (bicyclic) bond motifs is 1. The minimum atomic E-state index is -0.311. The van der Waals surface area contributed by atoms with E-state index < -0.39 is 0 Å². The Labute approximate surface area is 71.7 Å². The molecule has 1 atom stereocenters. The molecule has 0 radical (unpaired) electrons. The predicted octanol–water partition coefficient (Wildman–Crippen LogP) is 1.07. The fraction of sp³-hybridized carbons (Fsp3) is 0.778. The summed E-state index contributed by atoms with van der Waals surface area (Å²) < 4.78 is 12.5. The van der Waals surface area contributed by atoms with Gasteiger partial charge in [0.05, 0.1) is 18.5 Å². The van der Waals surface area contributed by atoms with Crippen molar-refractivity contribution >= 4 is 0 Å². The van der Waals surface area contributed by atoms with Crippen LogP contribution in [-0.4, -0.2) is 35.2 Å². The molecule has 2 aliphatic rings. The first-order chi connectivity index (χ1) is 5.83. The van der Waals surface area contributed by atoms with Gasteiger partial charge in [-0.25, -0.2) is 4.39 Å². The van der Waals surface area contributed by atoms with Gasteiger partial charge in [0.2, 0.25) is 0 Å². The Morgan fingerprint density at radius 1 is 1.58 bits per heavy atom. The third-order valence-corrected chi connectivity index (χ3v) is 3.27. The van der Waals surface area contributed by atoms with Crippen molar-refractivity contribution in [3.05, 3.63) is 11.9 Å². The van der Waals surface area contributed by atoms with Gasteiger partial charge < -0.3 is 5.11 Å². The third kappa shape index (κ3) is 0.866. The van der Waals surface area contributed by atoms with Gasteiger partial charge in [-0.05, 0) is 31.4 Å². The lowest BCUT2D eigenvalue weighted by Crippen LogP contribution is -2.42. The fourth-order valence-electron chi connectivity index (χ4n) is 2.55. The number of nitrogens with zero attached hydrogens (tertiary/aromatic N) is 1. The summed E-state index contributed by atoms with van der Waals surface area (Å²) in [5.74, 6) is 0. The van der Waals surface area contributed by atoms with Gasteiger partial charge in [-0.3, -0.25) is 4.90 Å². The van der Waals surface area contributed by atoms with Crippen LogP contribution in [0.5, 0.6) is 0 Å². The van der Waals surface area contributed by atoms with Gasteiger partial charge in [0.15, 0.2) is 0 Å². The van der Waals surface area contributed by atoms with Crippen LogP contribution in [0, 0.1) is 0 Å². The zero-order chi connectivity index (χ0) is 8.60. The van der Waals surface area contributed by atoms with Crippen LogP contribution in [0.25, 0.3) is 0 Å². The van der Waals surface area contributed by atoms with Crippen LogP contribution in [-0.2, 0) is 0 Å². The molecule has 12 heavy (non-hydrogen) atoms. The third-order valence-electron chi connectivity index (χ3n) is 3.27. The van der Waals surface area contributed by atoms with Crippen LogP contribution in [0.3, 0.4) is 0 Å². The molecular weight excluding hydrogens is 157 g/mol. The standard InChI is InChI=1S/C9H14FNO/c10-6-8-2-5-11-4-1-3-9(8,11)7-12/h6,12H,1-5,7H2/b8-6+/t9-/m0/s1. The van der Waals surface area contributed by atoms with Crippen LogP contribution in [0.4, 0.5) is 4.39 Å². The van der Waals surface area contributed by atoms with E-state index in [1.54, 1.807) is 0 Å². The van der Waals surface area contributed by atoms with Gasteiger partial charge >= 0.3 is 0 Å². The van der Waals surface area contributed by atoms with Gasteiger partial charge in [0.25, 0.3) is 0 Å². The van der Waals surface area contributed by atoms with Crippen LogP contribution in [0.15, 0.2) is 11.9 Å². The fourth-order valence-corrected chi connectivity index (χ4v) is 2.55. The van der Waals surface area contributed by atoms with Crippen molar-refractivity contribution in [1.82, 2.24) is 4.90 Å². The van der Waals surface area contributed by atoms with E-state index in [-0.39, 0.29) is 12.1 Å². The maximum Gasteiger partial charge on any atom is 0.0878 e. The molecule has 2 fully saturated rings. The Hall–Kier alpha value is -0.410. The smallest absolute Gasteiger partial charge is 0.0878 e. The molecule has 2 heterocycles. The van der Waals surface area contributed by atoms with Gasteiger partial charge in [0.1, 0.15) is 0 Å². The number of rotatable bonds is 1. The lowest BCUT2D eigenvalue weighted by Gasteiger charge is -2.30. The van der Waals surface area contributed by atoms with E-state index in [4.69, 9.17) is 0 Å². The van der Waals surface area contributed by atoms with Gasteiger partial charge in [0, 0.05) is 6.54 Å². The summed E-state index contributed by atoms with van der Waals surface area (Å²) in [7, 11) is 0. The van der Waals surface area contributed by atoms with Gasteiger partial charge in [-0.1, -0.05) is 0 Å². The molecule has 0 spiro atoms. The molecule has 0 amide bonds. The minimum Gasteiger partial charge on any atom is -0.394 e. The predicted molar refractivity (Wildman–Crippen MR) is 44.4 cm³/mol. The molecular formula is C9H14FNO. The molecule has 0 bridgehead atoms. The molecule has 0 aliphatic carbocycles. The highest BCUT2D eigenvalue weighted by Gasteiger charge is 2.47. The molecule has 0 aromatic rings. The maximum atomic E-state index is 12.5. The van der Waals surface area contributed by atoms with Crippen molar-refractivity contribution in [2.24, 2.45) is 0 Å². The Kier molecular flexibility index (Phi) is 1.93. The first-order valence-corrected chi connectivity index (χ1v) is 4.49. The summed E-state index contributed by atoms with van der Waals surface area (Å²) in [6, 6.07) is 0. The molecule has 3 heteroatoms.